The third kappa shape index (κ3) is 3.67. The predicted molar refractivity (Wildman–Crippen MR) is 97.4 cm³/mol. The van der Waals surface area contributed by atoms with Crippen molar-refractivity contribution in [1.29, 1.82) is 0 Å². The van der Waals surface area contributed by atoms with Crippen LogP contribution in [0, 0.1) is 13.8 Å². The maximum Gasteiger partial charge on any atom is 0.248 e. The molecule has 1 N–H and O–H groups in total. The Morgan fingerprint density at radius 3 is 2.54 bits per heavy atom. The van der Waals surface area contributed by atoms with Gasteiger partial charge in [-0.05, 0) is 46.3 Å². The fourth-order valence-electron chi connectivity index (χ4n) is 2.75. The first kappa shape index (κ1) is 17.8. The molecule has 0 aliphatic carbocycles. The minimum absolute atomic E-state index is 0.173. The molecule has 1 aromatic heterocycles. The molecule has 1 aromatic carbocycles. The Labute approximate surface area is 143 Å². The van der Waals surface area contributed by atoms with Gasteiger partial charge in [-0.3, -0.25) is 9.48 Å². The summed E-state index contributed by atoms with van der Waals surface area (Å²) in [6.45, 7) is 9.90. The largest absolute Gasteiger partial charge is 0.496 e. The van der Waals surface area contributed by atoms with Gasteiger partial charge in [0.1, 0.15) is 5.75 Å². The number of rotatable bonds is 5. The van der Waals surface area contributed by atoms with E-state index in [4.69, 9.17) is 4.74 Å². The highest BCUT2D eigenvalue weighted by molar-refractivity contribution is 6.04. The predicted octanol–water partition coefficient (Wildman–Crippen LogP) is 4.13. The Kier molecular flexibility index (Phi) is 5.44. The van der Waals surface area contributed by atoms with Crippen molar-refractivity contribution in [2.45, 2.75) is 40.7 Å². The van der Waals surface area contributed by atoms with Gasteiger partial charge in [0.05, 0.1) is 24.2 Å². The summed E-state index contributed by atoms with van der Waals surface area (Å²) in [5, 5.41) is 7.44. The number of hydrogen-bond donors (Lipinski definition) is 1. The standard InChI is InChI=1S/C19H25N3O2/c1-12(2)22-15(5)19(14(4)21-22)20-18(23)11-13(3)16-9-7-8-10-17(16)24-6/h7-12H,1-6H3,(H,20,23). The van der Waals surface area contributed by atoms with Crippen LogP contribution in [0.5, 0.6) is 5.75 Å². The van der Waals surface area contributed by atoms with Crippen LogP contribution in [-0.4, -0.2) is 22.8 Å². The van der Waals surface area contributed by atoms with Crippen LogP contribution in [0.4, 0.5) is 5.69 Å². The van der Waals surface area contributed by atoms with Crippen molar-refractivity contribution >= 4 is 17.2 Å². The van der Waals surface area contributed by atoms with E-state index in [1.165, 1.54) is 0 Å². The van der Waals surface area contributed by atoms with Crippen molar-refractivity contribution in [3.05, 3.63) is 47.3 Å². The van der Waals surface area contributed by atoms with Gasteiger partial charge < -0.3 is 10.1 Å². The zero-order valence-electron chi connectivity index (χ0n) is 15.2. The molecule has 128 valence electrons. The number of aryl methyl sites for hydroxylation is 1. The van der Waals surface area contributed by atoms with Gasteiger partial charge in [0.15, 0.2) is 0 Å². The second-order valence-corrected chi connectivity index (χ2v) is 6.10. The molecule has 24 heavy (non-hydrogen) atoms. The molecule has 1 heterocycles. The van der Waals surface area contributed by atoms with E-state index in [2.05, 4.69) is 24.3 Å². The molecule has 0 bridgehead atoms. The van der Waals surface area contributed by atoms with E-state index in [1.807, 2.05) is 49.7 Å². The molecule has 0 radical (unpaired) electrons. The molecule has 5 heteroatoms. The number of amides is 1. The maximum atomic E-state index is 12.4. The molecule has 0 atom stereocenters. The number of hydrogen-bond acceptors (Lipinski definition) is 3. The topological polar surface area (TPSA) is 56.1 Å². The molecule has 0 aliphatic heterocycles. The molecule has 2 rings (SSSR count). The normalized spacial score (nSPS) is 11.7. The number of carbonyl (C=O) groups is 1. The second-order valence-electron chi connectivity index (χ2n) is 6.10. The minimum Gasteiger partial charge on any atom is -0.496 e. The smallest absolute Gasteiger partial charge is 0.248 e. The number of allylic oxidation sites excluding steroid dienone is 1. The summed E-state index contributed by atoms with van der Waals surface area (Å²) >= 11 is 0. The summed E-state index contributed by atoms with van der Waals surface area (Å²) < 4.78 is 7.27. The third-order valence-corrected chi connectivity index (χ3v) is 3.94. The lowest BCUT2D eigenvalue weighted by atomic mass is 10.1. The monoisotopic (exact) mass is 327 g/mol. The van der Waals surface area contributed by atoms with Gasteiger partial charge in [0.25, 0.3) is 0 Å². The summed E-state index contributed by atoms with van der Waals surface area (Å²) in [6.07, 6.45) is 1.59. The lowest BCUT2D eigenvalue weighted by molar-refractivity contribution is -0.111. The maximum absolute atomic E-state index is 12.4. The van der Waals surface area contributed by atoms with Crippen LogP contribution >= 0.6 is 0 Å². The van der Waals surface area contributed by atoms with Crippen LogP contribution in [0.1, 0.15) is 43.8 Å². The molecular formula is C19H25N3O2. The first-order chi connectivity index (χ1) is 11.3. The number of nitrogens with zero attached hydrogens (tertiary/aromatic N) is 2. The van der Waals surface area contributed by atoms with Crippen LogP contribution in [-0.2, 0) is 4.79 Å². The molecule has 0 saturated carbocycles. The minimum atomic E-state index is -0.173. The molecule has 0 spiro atoms. The molecule has 2 aromatic rings. The summed E-state index contributed by atoms with van der Waals surface area (Å²) in [4.78, 5) is 12.4. The van der Waals surface area contributed by atoms with Gasteiger partial charge in [-0.15, -0.1) is 0 Å². The van der Waals surface area contributed by atoms with Gasteiger partial charge in [-0.2, -0.15) is 5.10 Å². The number of aromatic nitrogens is 2. The molecule has 1 amide bonds. The van der Waals surface area contributed by atoms with Gasteiger partial charge in [0.2, 0.25) is 5.91 Å². The zero-order chi connectivity index (χ0) is 17.9. The fourth-order valence-corrected chi connectivity index (χ4v) is 2.75. The number of nitrogens with one attached hydrogen (secondary N) is 1. The Hall–Kier alpha value is -2.56. The lowest BCUT2D eigenvalue weighted by Gasteiger charge is -2.10. The Balaban J connectivity index is 2.25. The molecule has 0 fully saturated rings. The quantitative estimate of drug-likeness (QED) is 0.840. The highest BCUT2D eigenvalue weighted by Crippen LogP contribution is 2.26. The van der Waals surface area contributed by atoms with Crippen molar-refractivity contribution in [3.8, 4) is 5.75 Å². The molecule has 5 nitrogen and oxygen atoms in total. The summed E-state index contributed by atoms with van der Waals surface area (Å²) in [6, 6.07) is 7.90. The highest BCUT2D eigenvalue weighted by Gasteiger charge is 2.15. The summed E-state index contributed by atoms with van der Waals surface area (Å²) in [5.41, 5.74) is 4.30. The first-order valence-electron chi connectivity index (χ1n) is 8.03. The van der Waals surface area contributed by atoms with Crippen molar-refractivity contribution in [2.75, 3.05) is 12.4 Å². The number of methoxy groups -OCH3 is 1. The number of carbonyl (C=O) groups excluding carboxylic acids is 1. The molecule has 0 unspecified atom stereocenters. The second kappa shape index (κ2) is 7.34. The molecule has 0 saturated heterocycles. The van der Waals surface area contributed by atoms with E-state index in [-0.39, 0.29) is 11.9 Å². The Bertz CT molecular complexity index is 773. The number of anilines is 1. The number of para-hydroxylation sites is 1. The number of ether oxygens (including phenoxy) is 1. The van der Waals surface area contributed by atoms with Crippen molar-refractivity contribution in [3.63, 3.8) is 0 Å². The lowest BCUT2D eigenvalue weighted by Crippen LogP contribution is -2.11. The number of benzene rings is 1. The summed E-state index contributed by atoms with van der Waals surface area (Å²) in [7, 11) is 1.62. The van der Waals surface area contributed by atoms with E-state index in [1.54, 1.807) is 13.2 Å². The van der Waals surface area contributed by atoms with Crippen LogP contribution in [0.15, 0.2) is 30.3 Å². The van der Waals surface area contributed by atoms with E-state index >= 15 is 0 Å². The van der Waals surface area contributed by atoms with Crippen molar-refractivity contribution in [2.24, 2.45) is 0 Å². The Morgan fingerprint density at radius 2 is 1.96 bits per heavy atom. The average molecular weight is 327 g/mol. The average Bonchev–Trinajstić information content (AvgIpc) is 2.83. The highest BCUT2D eigenvalue weighted by atomic mass is 16.5. The van der Waals surface area contributed by atoms with Gasteiger partial charge in [0, 0.05) is 17.7 Å². The van der Waals surface area contributed by atoms with Crippen LogP contribution in [0.2, 0.25) is 0 Å². The van der Waals surface area contributed by atoms with E-state index in [0.29, 0.717) is 0 Å². The van der Waals surface area contributed by atoms with Crippen LogP contribution in [0.3, 0.4) is 0 Å². The van der Waals surface area contributed by atoms with Gasteiger partial charge in [-0.1, -0.05) is 18.2 Å². The van der Waals surface area contributed by atoms with Crippen LogP contribution in [0.25, 0.3) is 5.57 Å². The SMILES string of the molecule is COc1ccccc1C(C)=CC(=O)Nc1c(C)nn(C(C)C)c1C. The third-order valence-electron chi connectivity index (χ3n) is 3.94. The van der Waals surface area contributed by atoms with E-state index < -0.39 is 0 Å². The van der Waals surface area contributed by atoms with E-state index in [9.17, 15) is 4.79 Å². The molecule has 0 aliphatic rings. The van der Waals surface area contributed by atoms with Crippen molar-refractivity contribution in [1.82, 2.24) is 9.78 Å². The van der Waals surface area contributed by atoms with E-state index in [0.717, 1.165) is 34.0 Å². The van der Waals surface area contributed by atoms with Crippen LogP contribution < -0.4 is 10.1 Å². The Morgan fingerprint density at radius 1 is 1.29 bits per heavy atom. The van der Waals surface area contributed by atoms with Crippen molar-refractivity contribution < 1.29 is 9.53 Å². The first-order valence-corrected chi connectivity index (χ1v) is 8.03. The van der Waals surface area contributed by atoms with Gasteiger partial charge in [-0.25, -0.2) is 0 Å². The fraction of sp³-hybridized carbons (Fsp3) is 0.368. The zero-order valence-corrected chi connectivity index (χ0v) is 15.2. The van der Waals surface area contributed by atoms with Gasteiger partial charge >= 0.3 is 0 Å². The summed E-state index contributed by atoms with van der Waals surface area (Å²) in [5.74, 6) is 0.576. The molecular weight excluding hydrogens is 302 g/mol.